The average molecular weight is 417 g/mol. The topological polar surface area (TPSA) is 49.3 Å². The zero-order valence-electron chi connectivity index (χ0n) is 18.9. The molecule has 30 heavy (non-hydrogen) atoms. The summed E-state index contributed by atoms with van der Waals surface area (Å²) in [4.78, 5) is 9.61. The van der Waals surface area contributed by atoms with Gasteiger partial charge in [0.2, 0.25) is 0 Å². The van der Waals surface area contributed by atoms with Gasteiger partial charge in [0.25, 0.3) is 0 Å². The standard InChI is InChI=1S/C24H40N4O2/c1-3-25-24(26-14-17-27(2)19-21-9-5-4-6-10-21)28-15-12-22(13-16-28)30-20-23-11-7-8-18-29-23/h4-6,9-10,22-23H,3,7-8,11-20H2,1-2H3,(H,25,26). The van der Waals surface area contributed by atoms with Crippen LogP contribution in [0.5, 0.6) is 0 Å². The van der Waals surface area contributed by atoms with E-state index in [9.17, 15) is 0 Å². The van der Waals surface area contributed by atoms with Gasteiger partial charge in [0.05, 0.1) is 25.4 Å². The molecule has 0 amide bonds. The van der Waals surface area contributed by atoms with Crippen LogP contribution in [0.15, 0.2) is 35.3 Å². The highest BCUT2D eigenvalue weighted by Crippen LogP contribution is 2.18. The summed E-state index contributed by atoms with van der Waals surface area (Å²) in [6.45, 7) is 9.41. The van der Waals surface area contributed by atoms with E-state index in [1.54, 1.807) is 0 Å². The number of benzene rings is 1. The molecule has 2 fully saturated rings. The molecule has 0 radical (unpaired) electrons. The maximum atomic E-state index is 6.16. The molecule has 0 aromatic heterocycles. The Morgan fingerprint density at radius 2 is 2.00 bits per heavy atom. The van der Waals surface area contributed by atoms with Crippen molar-refractivity contribution in [2.45, 2.75) is 57.8 Å². The van der Waals surface area contributed by atoms with E-state index in [0.29, 0.717) is 12.2 Å². The second kappa shape index (κ2) is 12.9. The third-order valence-electron chi connectivity index (χ3n) is 5.91. The van der Waals surface area contributed by atoms with Crippen molar-refractivity contribution in [3.8, 4) is 0 Å². The molecule has 6 nitrogen and oxygen atoms in total. The molecule has 2 aliphatic heterocycles. The third-order valence-corrected chi connectivity index (χ3v) is 5.91. The van der Waals surface area contributed by atoms with Crippen molar-refractivity contribution in [1.82, 2.24) is 15.1 Å². The summed E-state index contributed by atoms with van der Waals surface area (Å²) in [5.41, 5.74) is 1.34. The van der Waals surface area contributed by atoms with Crippen molar-refractivity contribution in [1.29, 1.82) is 0 Å². The highest BCUT2D eigenvalue weighted by molar-refractivity contribution is 5.80. The van der Waals surface area contributed by atoms with Crippen LogP contribution in [0.2, 0.25) is 0 Å². The van der Waals surface area contributed by atoms with Gasteiger partial charge in [0.15, 0.2) is 5.96 Å². The van der Waals surface area contributed by atoms with Gasteiger partial charge in [-0.1, -0.05) is 30.3 Å². The molecule has 3 rings (SSSR count). The Hall–Kier alpha value is -1.63. The first-order chi connectivity index (χ1) is 14.7. The molecule has 0 spiro atoms. The molecule has 168 valence electrons. The fraction of sp³-hybridized carbons (Fsp3) is 0.708. The first-order valence-electron chi connectivity index (χ1n) is 11.7. The van der Waals surface area contributed by atoms with Crippen LogP contribution in [0.1, 0.15) is 44.6 Å². The van der Waals surface area contributed by atoms with E-state index in [-0.39, 0.29) is 0 Å². The van der Waals surface area contributed by atoms with Crippen molar-refractivity contribution < 1.29 is 9.47 Å². The Morgan fingerprint density at radius 3 is 2.70 bits per heavy atom. The maximum Gasteiger partial charge on any atom is 0.193 e. The predicted octanol–water partition coefficient (Wildman–Crippen LogP) is 3.13. The third kappa shape index (κ3) is 7.89. The SMILES string of the molecule is CCNC(=NCCN(C)Cc1ccccc1)N1CCC(OCC2CCCCO2)CC1. The Bertz CT molecular complexity index is 611. The number of hydrogen-bond donors (Lipinski definition) is 1. The molecule has 2 aliphatic rings. The summed E-state index contributed by atoms with van der Waals surface area (Å²) in [5.74, 6) is 1.04. The highest BCUT2D eigenvalue weighted by atomic mass is 16.5. The lowest BCUT2D eigenvalue weighted by atomic mass is 10.1. The van der Waals surface area contributed by atoms with Gasteiger partial charge in [0, 0.05) is 39.3 Å². The molecule has 2 heterocycles. The van der Waals surface area contributed by atoms with Gasteiger partial charge in [0.1, 0.15) is 0 Å². The lowest BCUT2D eigenvalue weighted by Crippen LogP contribution is -2.47. The van der Waals surface area contributed by atoms with E-state index in [1.807, 2.05) is 0 Å². The molecule has 0 saturated carbocycles. The Morgan fingerprint density at radius 1 is 1.20 bits per heavy atom. The van der Waals surface area contributed by atoms with Crippen LogP contribution in [0, 0.1) is 0 Å². The van der Waals surface area contributed by atoms with Crippen LogP contribution in [0.4, 0.5) is 0 Å². The summed E-state index contributed by atoms with van der Waals surface area (Å²) in [6, 6.07) is 10.6. The molecule has 1 aromatic rings. The number of rotatable bonds is 9. The Balaban J connectivity index is 1.38. The fourth-order valence-electron chi connectivity index (χ4n) is 4.14. The van der Waals surface area contributed by atoms with Crippen molar-refractivity contribution in [2.75, 3.05) is 53.0 Å². The number of nitrogens with zero attached hydrogens (tertiary/aromatic N) is 3. The van der Waals surface area contributed by atoms with E-state index in [2.05, 4.69) is 59.4 Å². The van der Waals surface area contributed by atoms with Gasteiger partial charge in [-0.2, -0.15) is 0 Å². The van der Waals surface area contributed by atoms with Crippen LogP contribution in [-0.2, 0) is 16.0 Å². The monoisotopic (exact) mass is 416 g/mol. The van der Waals surface area contributed by atoms with Crippen LogP contribution < -0.4 is 5.32 Å². The van der Waals surface area contributed by atoms with Crippen LogP contribution in [0.25, 0.3) is 0 Å². The molecule has 1 unspecified atom stereocenters. The van der Waals surface area contributed by atoms with Gasteiger partial charge in [-0.15, -0.1) is 0 Å². The van der Waals surface area contributed by atoms with E-state index in [0.717, 1.165) is 77.7 Å². The number of piperidine rings is 1. The van der Waals surface area contributed by atoms with Gasteiger partial charge >= 0.3 is 0 Å². The molecule has 6 heteroatoms. The Labute approximate surface area is 182 Å². The maximum absolute atomic E-state index is 6.16. The lowest BCUT2D eigenvalue weighted by molar-refractivity contribution is -0.0721. The average Bonchev–Trinajstić information content (AvgIpc) is 2.79. The molecular weight excluding hydrogens is 376 g/mol. The first-order valence-corrected chi connectivity index (χ1v) is 11.7. The predicted molar refractivity (Wildman–Crippen MR) is 123 cm³/mol. The summed E-state index contributed by atoms with van der Waals surface area (Å²) in [6.07, 6.45) is 6.40. The normalized spacial score (nSPS) is 21.2. The van der Waals surface area contributed by atoms with Crippen molar-refractivity contribution in [2.24, 2.45) is 4.99 Å². The number of hydrogen-bond acceptors (Lipinski definition) is 4. The zero-order valence-corrected chi connectivity index (χ0v) is 18.9. The van der Waals surface area contributed by atoms with E-state index in [4.69, 9.17) is 14.5 Å². The molecule has 1 aromatic carbocycles. The van der Waals surface area contributed by atoms with Crippen molar-refractivity contribution in [3.63, 3.8) is 0 Å². The summed E-state index contributed by atoms with van der Waals surface area (Å²) < 4.78 is 12.0. The van der Waals surface area contributed by atoms with E-state index in [1.165, 1.54) is 18.4 Å². The van der Waals surface area contributed by atoms with Gasteiger partial charge < -0.3 is 24.6 Å². The quantitative estimate of drug-likeness (QED) is 0.495. The second-order valence-electron chi connectivity index (χ2n) is 8.47. The first kappa shape index (κ1) is 23.0. The summed E-state index contributed by atoms with van der Waals surface area (Å²) >= 11 is 0. The van der Waals surface area contributed by atoms with Crippen LogP contribution in [-0.4, -0.2) is 81.0 Å². The number of nitrogens with one attached hydrogen (secondary N) is 1. The largest absolute Gasteiger partial charge is 0.376 e. The molecule has 1 N–H and O–H groups in total. The molecule has 2 saturated heterocycles. The molecule has 0 aliphatic carbocycles. The van der Waals surface area contributed by atoms with E-state index >= 15 is 0 Å². The minimum atomic E-state index is 0.309. The summed E-state index contributed by atoms with van der Waals surface area (Å²) in [7, 11) is 2.16. The summed E-state index contributed by atoms with van der Waals surface area (Å²) in [5, 5.41) is 3.47. The minimum absolute atomic E-state index is 0.309. The number of guanidine groups is 1. The van der Waals surface area contributed by atoms with Gasteiger partial charge in [-0.25, -0.2) is 0 Å². The minimum Gasteiger partial charge on any atom is -0.376 e. The van der Waals surface area contributed by atoms with Crippen molar-refractivity contribution in [3.05, 3.63) is 35.9 Å². The number of likely N-dealkylation sites (N-methyl/N-ethyl adjacent to an activating group) is 1. The number of likely N-dealkylation sites (tertiary alicyclic amines) is 1. The highest BCUT2D eigenvalue weighted by Gasteiger charge is 2.23. The number of aliphatic imine (C=N–C) groups is 1. The second-order valence-corrected chi connectivity index (χ2v) is 8.47. The molecular formula is C24H40N4O2. The van der Waals surface area contributed by atoms with Gasteiger partial charge in [-0.3, -0.25) is 4.99 Å². The van der Waals surface area contributed by atoms with E-state index < -0.39 is 0 Å². The smallest absolute Gasteiger partial charge is 0.193 e. The number of ether oxygens (including phenoxy) is 2. The molecule has 0 bridgehead atoms. The van der Waals surface area contributed by atoms with Crippen LogP contribution in [0.3, 0.4) is 0 Å². The fourth-order valence-corrected chi connectivity index (χ4v) is 4.14. The van der Waals surface area contributed by atoms with Crippen molar-refractivity contribution >= 4 is 5.96 Å². The lowest BCUT2D eigenvalue weighted by Gasteiger charge is -2.35. The Kier molecular flexibility index (Phi) is 9.93. The van der Waals surface area contributed by atoms with Crippen LogP contribution >= 0.6 is 0 Å². The molecule has 1 atom stereocenters. The zero-order chi connectivity index (χ0) is 21.0. The van der Waals surface area contributed by atoms with Gasteiger partial charge in [-0.05, 0) is 51.6 Å².